The van der Waals surface area contributed by atoms with E-state index < -0.39 is 0 Å². The maximum absolute atomic E-state index is 9.63. The van der Waals surface area contributed by atoms with Crippen LogP contribution in [0.2, 0.25) is 0 Å². The molecule has 0 bridgehead atoms. The predicted octanol–water partition coefficient (Wildman–Crippen LogP) is 2.23. The summed E-state index contributed by atoms with van der Waals surface area (Å²) in [5.74, 6) is 0.746. The molecule has 2 aliphatic rings. The second kappa shape index (κ2) is 10.3. The van der Waals surface area contributed by atoms with Crippen LogP contribution in [0.1, 0.15) is 24.8 Å². The Morgan fingerprint density at radius 2 is 1.77 bits per heavy atom. The van der Waals surface area contributed by atoms with Gasteiger partial charge in [0, 0.05) is 57.3 Å². The van der Waals surface area contributed by atoms with Gasteiger partial charge in [0.15, 0.2) is 0 Å². The highest BCUT2D eigenvalue weighted by Crippen LogP contribution is 2.24. The van der Waals surface area contributed by atoms with Crippen LogP contribution in [0.4, 0.5) is 0 Å². The zero-order valence-electron chi connectivity index (χ0n) is 17.9. The number of ether oxygens (including phenoxy) is 1. The fourth-order valence-electron chi connectivity index (χ4n) is 4.66. The van der Waals surface area contributed by atoms with Crippen molar-refractivity contribution in [2.75, 3.05) is 46.4 Å². The molecule has 1 aromatic heterocycles. The Morgan fingerprint density at radius 1 is 1.03 bits per heavy atom. The zero-order chi connectivity index (χ0) is 20.8. The molecule has 3 heterocycles. The van der Waals surface area contributed by atoms with Crippen LogP contribution in [0.25, 0.3) is 0 Å². The second-order valence-corrected chi connectivity index (χ2v) is 8.45. The maximum Gasteiger partial charge on any atom is 0.321 e. The van der Waals surface area contributed by atoms with Crippen LogP contribution in [0.15, 0.2) is 42.7 Å². The fourth-order valence-corrected chi connectivity index (χ4v) is 4.66. The number of hydrogen-bond acceptors (Lipinski definition) is 7. The van der Waals surface area contributed by atoms with Gasteiger partial charge in [0.2, 0.25) is 0 Å². The largest absolute Gasteiger partial charge is 0.424 e. The van der Waals surface area contributed by atoms with E-state index in [1.54, 1.807) is 18.5 Å². The van der Waals surface area contributed by atoms with E-state index in [0.29, 0.717) is 18.1 Å². The number of aliphatic hydroxyl groups is 1. The Balaban J connectivity index is 1.32. The lowest BCUT2D eigenvalue weighted by Gasteiger charge is -2.47. The minimum Gasteiger partial charge on any atom is -0.424 e. The monoisotopic (exact) mass is 411 g/mol. The van der Waals surface area contributed by atoms with Crippen molar-refractivity contribution < 1.29 is 9.84 Å². The Labute approximate surface area is 179 Å². The third-order valence-corrected chi connectivity index (χ3v) is 6.31. The summed E-state index contributed by atoms with van der Waals surface area (Å²) in [6, 6.07) is 11.4. The van der Waals surface area contributed by atoms with E-state index in [9.17, 15) is 5.11 Å². The molecule has 0 aliphatic carbocycles. The highest BCUT2D eigenvalue weighted by Gasteiger charge is 2.32. The minimum atomic E-state index is 0.259. The number of likely N-dealkylation sites (tertiary alicyclic amines) is 1. The lowest BCUT2D eigenvalue weighted by atomic mass is 9.98. The van der Waals surface area contributed by atoms with Crippen molar-refractivity contribution >= 4 is 0 Å². The van der Waals surface area contributed by atoms with E-state index in [0.717, 1.165) is 38.3 Å². The molecule has 162 valence electrons. The first kappa shape index (κ1) is 21.2. The van der Waals surface area contributed by atoms with Crippen LogP contribution < -0.4 is 4.74 Å². The lowest BCUT2D eigenvalue weighted by Crippen LogP contribution is -2.58. The Hall–Kier alpha value is -2.06. The van der Waals surface area contributed by atoms with Crippen LogP contribution in [0.5, 0.6) is 11.8 Å². The van der Waals surface area contributed by atoms with Gasteiger partial charge in [-0.15, -0.1) is 0 Å². The van der Waals surface area contributed by atoms with Gasteiger partial charge in [-0.2, -0.15) is 0 Å². The molecule has 1 atom stereocenters. The zero-order valence-corrected chi connectivity index (χ0v) is 17.9. The lowest BCUT2D eigenvalue weighted by molar-refractivity contribution is 0.00599. The van der Waals surface area contributed by atoms with Crippen molar-refractivity contribution in [3.63, 3.8) is 0 Å². The van der Waals surface area contributed by atoms with Gasteiger partial charge in [0.25, 0.3) is 0 Å². The first-order valence-corrected chi connectivity index (χ1v) is 11.0. The molecule has 7 nitrogen and oxygen atoms in total. The van der Waals surface area contributed by atoms with Crippen molar-refractivity contribution in [1.29, 1.82) is 0 Å². The first-order chi connectivity index (χ1) is 14.7. The van der Waals surface area contributed by atoms with E-state index in [1.807, 2.05) is 12.1 Å². The highest BCUT2D eigenvalue weighted by molar-refractivity contribution is 5.29. The summed E-state index contributed by atoms with van der Waals surface area (Å²) in [5, 5.41) is 9.63. The van der Waals surface area contributed by atoms with Crippen LogP contribution in [0, 0.1) is 0 Å². The van der Waals surface area contributed by atoms with E-state index >= 15 is 0 Å². The summed E-state index contributed by atoms with van der Waals surface area (Å²) in [4.78, 5) is 15.8. The average molecular weight is 412 g/mol. The number of benzene rings is 1. The Bertz CT molecular complexity index is 765. The van der Waals surface area contributed by atoms with Crippen LogP contribution in [0.3, 0.4) is 0 Å². The normalized spacial score (nSPS) is 22.3. The van der Waals surface area contributed by atoms with Crippen molar-refractivity contribution in [2.45, 2.75) is 37.9 Å². The SMILES string of the molecule is CN1CCC(N2CCN(Cc3ccc(Oc4ncccn4)cc3)C[C@@H]2CCO)CC1. The fraction of sp³-hybridized carbons (Fsp3) is 0.565. The van der Waals surface area contributed by atoms with Crippen LogP contribution in [-0.4, -0.2) is 88.2 Å². The number of aromatic nitrogens is 2. The molecule has 1 aromatic carbocycles. The standard InChI is InChI=1S/C23H33N5O2/c1-26-12-7-20(8-13-26)28-15-14-27(18-21(28)9-16-29)17-19-3-5-22(6-4-19)30-23-24-10-2-11-25-23/h2-6,10-11,20-21,29H,7-9,12-18H2,1H3/t21-/m0/s1. The molecule has 4 rings (SSSR count). The van der Waals surface area contributed by atoms with Gasteiger partial charge in [-0.05, 0) is 63.2 Å². The highest BCUT2D eigenvalue weighted by atomic mass is 16.5. The number of aliphatic hydroxyl groups excluding tert-OH is 1. The summed E-state index contributed by atoms with van der Waals surface area (Å²) >= 11 is 0. The molecule has 2 saturated heterocycles. The molecule has 2 aromatic rings. The summed E-state index contributed by atoms with van der Waals surface area (Å²) in [6.07, 6.45) is 6.68. The van der Waals surface area contributed by atoms with Gasteiger partial charge in [0.1, 0.15) is 5.75 Å². The molecule has 2 fully saturated rings. The molecule has 0 saturated carbocycles. The van der Waals surface area contributed by atoms with Gasteiger partial charge in [-0.1, -0.05) is 12.1 Å². The quantitative estimate of drug-likeness (QED) is 0.749. The minimum absolute atomic E-state index is 0.259. The van der Waals surface area contributed by atoms with Crippen LogP contribution in [-0.2, 0) is 6.54 Å². The topological polar surface area (TPSA) is 65.0 Å². The molecule has 2 aliphatic heterocycles. The number of piperazine rings is 1. The number of nitrogens with zero attached hydrogens (tertiary/aromatic N) is 5. The number of piperidine rings is 1. The van der Waals surface area contributed by atoms with E-state index in [4.69, 9.17) is 4.74 Å². The molecule has 0 radical (unpaired) electrons. The van der Waals surface area contributed by atoms with Gasteiger partial charge in [-0.3, -0.25) is 9.80 Å². The van der Waals surface area contributed by atoms with Crippen molar-refractivity contribution in [2.24, 2.45) is 0 Å². The average Bonchev–Trinajstić information content (AvgIpc) is 2.77. The molecule has 30 heavy (non-hydrogen) atoms. The third-order valence-electron chi connectivity index (χ3n) is 6.31. The molecular weight excluding hydrogens is 378 g/mol. The molecule has 1 N–H and O–H groups in total. The number of rotatable bonds is 7. The second-order valence-electron chi connectivity index (χ2n) is 8.45. The Morgan fingerprint density at radius 3 is 2.47 bits per heavy atom. The molecule has 0 unspecified atom stereocenters. The van der Waals surface area contributed by atoms with Crippen LogP contribution >= 0.6 is 0 Å². The smallest absolute Gasteiger partial charge is 0.321 e. The molecule has 0 amide bonds. The van der Waals surface area contributed by atoms with Gasteiger partial charge < -0.3 is 14.7 Å². The predicted molar refractivity (Wildman–Crippen MR) is 117 cm³/mol. The summed E-state index contributed by atoms with van der Waals surface area (Å²) < 4.78 is 5.69. The first-order valence-electron chi connectivity index (χ1n) is 11.0. The third kappa shape index (κ3) is 5.55. The van der Waals surface area contributed by atoms with E-state index in [1.165, 1.54) is 31.5 Å². The molecular formula is C23H33N5O2. The maximum atomic E-state index is 9.63. The molecule has 7 heteroatoms. The summed E-state index contributed by atoms with van der Waals surface area (Å²) in [7, 11) is 2.21. The van der Waals surface area contributed by atoms with Crippen molar-refractivity contribution in [3.8, 4) is 11.8 Å². The number of hydrogen-bond donors (Lipinski definition) is 1. The van der Waals surface area contributed by atoms with Gasteiger partial charge >= 0.3 is 6.01 Å². The summed E-state index contributed by atoms with van der Waals surface area (Å²) in [5.41, 5.74) is 1.27. The van der Waals surface area contributed by atoms with Crippen molar-refractivity contribution in [3.05, 3.63) is 48.3 Å². The van der Waals surface area contributed by atoms with Gasteiger partial charge in [-0.25, -0.2) is 9.97 Å². The van der Waals surface area contributed by atoms with E-state index in [-0.39, 0.29) is 6.61 Å². The van der Waals surface area contributed by atoms with Crippen molar-refractivity contribution in [1.82, 2.24) is 24.7 Å². The summed E-state index contributed by atoms with van der Waals surface area (Å²) in [6.45, 7) is 6.72. The van der Waals surface area contributed by atoms with E-state index in [2.05, 4.69) is 43.8 Å². The Kier molecular flexibility index (Phi) is 7.28. The van der Waals surface area contributed by atoms with Gasteiger partial charge in [0.05, 0.1) is 0 Å². The molecule has 0 spiro atoms.